The number of hydrogen-bond acceptors (Lipinski definition) is 4. The molecule has 0 atom stereocenters. The van der Waals surface area contributed by atoms with Crippen LogP contribution in [-0.2, 0) is 0 Å². The normalized spacial score (nSPS) is 12.2. The van der Waals surface area contributed by atoms with Gasteiger partial charge in [0.1, 0.15) is 0 Å². The van der Waals surface area contributed by atoms with Gasteiger partial charge in [-0.05, 0) is 19.1 Å². The summed E-state index contributed by atoms with van der Waals surface area (Å²) < 4.78 is 0.963. The molecule has 26 heavy (non-hydrogen) atoms. The van der Waals surface area contributed by atoms with Crippen molar-refractivity contribution in [3.63, 3.8) is 0 Å². The number of hydrogen-bond donors (Lipinski definition) is 0. The third-order valence-corrected chi connectivity index (χ3v) is 7.20. The van der Waals surface area contributed by atoms with Crippen molar-refractivity contribution in [2.45, 2.75) is 24.5 Å². The first-order valence-corrected chi connectivity index (χ1v) is 10.5. The number of rotatable bonds is 5. The highest BCUT2D eigenvalue weighted by Crippen LogP contribution is 2.48. The molecule has 4 rings (SSSR count). The molecule has 0 radical (unpaired) electrons. The van der Waals surface area contributed by atoms with Gasteiger partial charge in [-0.3, -0.25) is 9.59 Å². The van der Waals surface area contributed by atoms with E-state index in [0.717, 1.165) is 32.4 Å². The lowest BCUT2D eigenvalue weighted by molar-refractivity contribution is 0.100. The first-order chi connectivity index (χ1) is 12.6. The fourth-order valence-electron chi connectivity index (χ4n) is 3.18. The van der Waals surface area contributed by atoms with E-state index in [1.54, 1.807) is 23.1 Å². The molecule has 0 unspecified atom stereocenters. The molecular weight excluding hydrogens is 360 g/mol. The van der Waals surface area contributed by atoms with E-state index in [9.17, 15) is 9.59 Å². The predicted molar refractivity (Wildman–Crippen MR) is 109 cm³/mol. The van der Waals surface area contributed by atoms with E-state index < -0.39 is 0 Å². The van der Waals surface area contributed by atoms with Gasteiger partial charge in [0, 0.05) is 21.6 Å². The molecule has 0 aliphatic heterocycles. The molecule has 2 aromatic carbocycles. The van der Waals surface area contributed by atoms with Crippen LogP contribution in [0.4, 0.5) is 0 Å². The molecular formula is C22H18O2S2. The molecule has 0 saturated carbocycles. The Balaban J connectivity index is 1.88. The maximum Gasteiger partial charge on any atom is 0.195 e. The standard InChI is InChI=1S/C22H18O2S2/c1-3-12-25-22-18(19(23)14-10-8-13(2)9-11-14)17-20(24)15-6-4-5-7-16(15)21(17)26-22/h4-11H,3,12H2,1-2H3. The highest BCUT2D eigenvalue weighted by Gasteiger charge is 2.36. The number of aryl methyl sites for hydroxylation is 1. The largest absolute Gasteiger partial charge is 0.289 e. The van der Waals surface area contributed by atoms with E-state index in [1.807, 2.05) is 55.5 Å². The molecule has 3 aromatic rings. The van der Waals surface area contributed by atoms with Crippen molar-refractivity contribution in [2.75, 3.05) is 5.75 Å². The Kier molecular flexibility index (Phi) is 4.55. The van der Waals surface area contributed by atoms with Crippen LogP contribution in [0.2, 0.25) is 0 Å². The highest BCUT2D eigenvalue weighted by molar-refractivity contribution is 8.01. The molecule has 130 valence electrons. The second-order valence-corrected chi connectivity index (χ2v) is 8.77. The van der Waals surface area contributed by atoms with Crippen LogP contribution in [0, 0.1) is 6.92 Å². The molecule has 1 aliphatic rings. The summed E-state index contributed by atoms with van der Waals surface area (Å²) in [4.78, 5) is 27.3. The number of carbonyl (C=O) groups is 2. The van der Waals surface area contributed by atoms with Gasteiger partial charge in [-0.2, -0.15) is 0 Å². The van der Waals surface area contributed by atoms with Gasteiger partial charge in [-0.15, -0.1) is 23.1 Å². The van der Waals surface area contributed by atoms with Crippen LogP contribution in [0.3, 0.4) is 0 Å². The second-order valence-electron chi connectivity index (χ2n) is 6.39. The van der Waals surface area contributed by atoms with Crippen molar-refractivity contribution >= 4 is 34.7 Å². The van der Waals surface area contributed by atoms with E-state index >= 15 is 0 Å². The quantitative estimate of drug-likeness (QED) is 0.315. The number of thiophene rings is 1. The third-order valence-electron chi connectivity index (χ3n) is 4.50. The van der Waals surface area contributed by atoms with Crippen LogP contribution < -0.4 is 0 Å². The Bertz CT molecular complexity index is 1010. The van der Waals surface area contributed by atoms with Crippen molar-refractivity contribution in [3.05, 3.63) is 76.3 Å². The third kappa shape index (κ3) is 2.74. The van der Waals surface area contributed by atoms with Crippen molar-refractivity contribution in [2.24, 2.45) is 0 Å². The molecule has 4 heteroatoms. The minimum Gasteiger partial charge on any atom is -0.289 e. The number of thioether (sulfide) groups is 1. The molecule has 2 nitrogen and oxygen atoms in total. The highest BCUT2D eigenvalue weighted by atomic mass is 32.2. The zero-order valence-electron chi connectivity index (χ0n) is 14.7. The SMILES string of the molecule is CCCSc1sc2c(c1C(=O)c1ccc(C)cc1)C(=O)c1ccccc1-2. The smallest absolute Gasteiger partial charge is 0.195 e. The van der Waals surface area contributed by atoms with Gasteiger partial charge < -0.3 is 0 Å². The first-order valence-electron chi connectivity index (χ1n) is 8.67. The fourth-order valence-corrected chi connectivity index (χ4v) is 5.71. The lowest BCUT2D eigenvalue weighted by Crippen LogP contribution is -2.08. The Labute approximate surface area is 161 Å². The van der Waals surface area contributed by atoms with Crippen molar-refractivity contribution in [3.8, 4) is 10.4 Å². The van der Waals surface area contributed by atoms with Gasteiger partial charge in [0.25, 0.3) is 0 Å². The molecule has 0 spiro atoms. The van der Waals surface area contributed by atoms with E-state index in [1.165, 1.54) is 0 Å². The van der Waals surface area contributed by atoms with Crippen LogP contribution in [0.15, 0.2) is 52.7 Å². The number of benzene rings is 2. The van der Waals surface area contributed by atoms with Crippen LogP contribution in [0.25, 0.3) is 10.4 Å². The number of carbonyl (C=O) groups excluding carboxylic acids is 2. The van der Waals surface area contributed by atoms with Gasteiger partial charge in [0.05, 0.1) is 15.3 Å². The van der Waals surface area contributed by atoms with Crippen molar-refractivity contribution in [1.29, 1.82) is 0 Å². The summed E-state index contributed by atoms with van der Waals surface area (Å²) in [5.74, 6) is 0.858. The summed E-state index contributed by atoms with van der Waals surface area (Å²) in [5.41, 5.74) is 4.60. The first kappa shape index (κ1) is 17.3. The van der Waals surface area contributed by atoms with Crippen molar-refractivity contribution < 1.29 is 9.59 Å². The van der Waals surface area contributed by atoms with Gasteiger partial charge in [-0.1, -0.05) is 61.0 Å². The zero-order chi connectivity index (χ0) is 18.3. The van der Waals surface area contributed by atoms with Gasteiger partial charge >= 0.3 is 0 Å². The molecule has 0 fully saturated rings. The van der Waals surface area contributed by atoms with Gasteiger partial charge in [0.2, 0.25) is 0 Å². The summed E-state index contributed by atoms with van der Waals surface area (Å²) in [6.07, 6.45) is 1.02. The maximum absolute atomic E-state index is 13.3. The molecule has 0 amide bonds. The lowest BCUT2D eigenvalue weighted by atomic mass is 9.99. The average molecular weight is 379 g/mol. The van der Waals surface area contributed by atoms with Crippen LogP contribution in [-0.4, -0.2) is 17.3 Å². The molecule has 0 N–H and O–H groups in total. The lowest BCUT2D eigenvalue weighted by Gasteiger charge is -2.06. The van der Waals surface area contributed by atoms with E-state index in [0.29, 0.717) is 22.3 Å². The van der Waals surface area contributed by atoms with Crippen LogP contribution in [0.1, 0.15) is 50.8 Å². The summed E-state index contributed by atoms with van der Waals surface area (Å²) in [6, 6.07) is 15.2. The Morgan fingerprint density at radius 1 is 1.04 bits per heavy atom. The Morgan fingerprint density at radius 3 is 2.42 bits per heavy atom. The monoisotopic (exact) mass is 378 g/mol. The number of fused-ring (bicyclic) bond motifs is 3. The molecule has 0 bridgehead atoms. The summed E-state index contributed by atoms with van der Waals surface area (Å²) in [7, 11) is 0. The molecule has 1 heterocycles. The summed E-state index contributed by atoms with van der Waals surface area (Å²) in [6.45, 7) is 4.12. The van der Waals surface area contributed by atoms with Gasteiger partial charge in [-0.25, -0.2) is 0 Å². The minimum atomic E-state index is -0.0535. The summed E-state index contributed by atoms with van der Waals surface area (Å²) in [5, 5.41) is 0. The van der Waals surface area contributed by atoms with Crippen molar-refractivity contribution in [1.82, 2.24) is 0 Å². The Hall–Kier alpha value is -2.17. The fraction of sp³-hybridized carbons (Fsp3) is 0.182. The topological polar surface area (TPSA) is 34.1 Å². The van der Waals surface area contributed by atoms with E-state index in [-0.39, 0.29) is 11.6 Å². The Morgan fingerprint density at radius 2 is 1.73 bits per heavy atom. The molecule has 0 saturated heterocycles. The molecule has 1 aliphatic carbocycles. The summed E-state index contributed by atoms with van der Waals surface area (Å²) >= 11 is 3.26. The van der Waals surface area contributed by atoms with E-state index in [4.69, 9.17) is 0 Å². The maximum atomic E-state index is 13.3. The molecule has 1 aromatic heterocycles. The predicted octanol–water partition coefficient (Wildman–Crippen LogP) is 6.00. The van der Waals surface area contributed by atoms with Crippen LogP contribution in [0.5, 0.6) is 0 Å². The number of ketones is 2. The van der Waals surface area contributed by atoms with E-state index in [2.05, 4.69) is 6.92 Å². The van der Waals surface area contributed by atoms with Crippen LogP contribution >= 0.6 is 23.1 Å². The van der Waals surface area contributed by atoms with Gasteiger partial charge in [0.15, 0.2) is 11.6 Å². The minimum absolute atomic E-state index is 0.0225. The zero-order valence-corrected chi connectivity index (χ0v) is 16.3. The second kappa shape index (κ2) is 6.86. The average Bonchev–Trinajstić information content (AvgIpc) is 3.16.